The molecule has 2 aliphatic rings. The first-order chi connectivity index (χ1) is 15.8. The molecule has 2 aromatic carbocycles. The van der Waals surface area contributed by atoms with Crippen LogP contribution in [0.4, 0.5) is 5.69 Å². The van der Waals surface area contributed by atoms with Gasteiger partial charge in [0.25, 0.3) is 0 Å². The second kappa shape index (κ2) is 9.12. The molecule has 1 saturated heterocycles. The lowest BCUT2D eigenvalue weighted by molar-refractivity contribution is -0.118. The Morgan fingerprint density at radius 1 is 1.06 bits per heavy atom. The van der Waals surface area contributed by atoms with E-state index in [1.807, 2.05) is 25.1 Å². The maximum absolute atomic E-state index is 12.5. The van der Waals surface area contributed by atoms with E-state index in [1.54, 1.807) is 0 Å². The third kappa shape index (κ3) is 4.09. The molecule has 5 heteroatoms. The van der Waals surface area contributed by atoms with E-state index in [0.717, 1.165) is 35.6 Å². The summed E-state index contributed by atoms with van der Waals surface area (Å²) in [5.41, 5.74) is 3.73. The molecule has 0 unspecified atom stereocenters. The van der Waals surface area contributed by atoms with Gasteiger partial charge in [0.05, 0.1) is 19.8 Å². The molecule has 2 aromatic rings. The molecular weight excluding hydrogens is 412 g/mol. The number of amides is 1. The summed E-state index contributed by atoms with van der Waals surface area (Å²) in [6.07, 6.45) is 7.59. The highest BCUT2D eigenvalue weighted by Gasteiger charge is 2.59. The lowest BCUT2D eigenvalue weighted by Crippen LogP contribution is -2.58. The monoisotopic (exact) mass is 448 g/mol. The van der Waals surface area contributed by atoms with Gasteiger partial charge in [0.15, 0.2) is 11.5 Å². The standard InChI is InChI=1S/C28H36N2O3/c1-6-8-9-16-33-24-13-11-21(18-25(24)32-7-2)14-15-28-27(4,5)22-17-20(3)10-12-23(22)30(28)19-26(31)29-28/h10-15,17-18H,6-9,16,19H2,1-5H3,(H,29,31)/b15-14+/t28-/m1/s1. The quantitative estimate of drug-likeness (QED) is 0.507. The molecule has 5 nitrogen and oxygen atoms in total. The van der Waals surface area contributed by atoms with Crippen LogP contribution in [0.15, 0.2) is 42.5 Å². The number of benzene rings is 2. The second-order valence-corrected chi connectivity index (χ2v) is 9.57. The number of carbonyl (C=O) groups is 1. The van der Waals surface area contributed by atoms with Crippen LogP contribution in [0.5, 0.6) is 11.5 Å². The molecule has 0 saturated carbocycles. The molecule has 0 aliphatic carbocycles. The van der Waals surface area contributed by atoms with Gasteiger partial charge < -0.3 is 19.7 Å². The topological polar surface area (TPSA) is 50.8 Å². The number of aryl methyl sites for hydroxylation is 1. The molecule has 0 radical (unpaired) electrons. The van der Waals surface area contributed by atoms with Gasteiger partial charge in [0.1, 0.15) is 5.66 Å². The molecule has 0 bridgehead atoms. The van der Waals surface area contributed by atoms with Crippen molar-refractivity contribution in [2.75, 3.05) is 24.7 Å². The predicted molar refractivity (Wildman–Crippen MR) is 134 cm³/mol. The Balaban J connectivity index is 1.65. The fourth-order valence-electron chi connectivity index (χ4n) is 5.05. The largest absolute Gasteiger partial charge is 0.490 e. The third-order valence-electron chi connectivity index (χ3n) is 6.92. The average Bonchev–Trinajstić information content (AvgIpc) is 3.21. The number of carbonyl (C=O) groups excluding carboxylic acids is 1. The molecular formula is C28H36N2O3. The van der Waals surface area contributed by atoms with Gasteiger partial charge in [-0.25, -0.2) is 0 Å². The zero-order valence-corrected chi connectivity index (χ0v) is 20.5. The number of nitrogens with one attached hydrogen (secondary N) is 1. The maximum atomic E-state index is 12.5. The van der Waals surface area contributed by atoms with Gasteiger partial charge in [0, 0.05) is 11.1 Å². The molecule has 0 spiro atoms. The van der Waals surface area contributed by atoms with Crippen molar-refractivity contribution in [3.05, 3.63) is 59.2 Å². The van der Waals surface area contributed by atoms with Crippen LogP contribution in [0.25, 0.3) is 6.08 Å². The fraction of sp³-hybridized carbons (Fsp3) is 0.464. The Bertz CT molecular complexity index is 1060. The van der Waals surface area contributed by atoms with Crippen LogP contribution in [-0.2, 0) is 10.2 Å². The van der Waals surface area contributed by atoms with Crippen LogP contribution in [0.3, 0.4) is 0 Å². The van der Waals surface area contributed by atoms with Gasteiger partial charge in [-0.05, 0) is 55.7 Å². The number of unbranched alkanes of at least 4 members (excludes halogenated alkanes) is 2. The minimum Gasteiger partial charge on any atom is -0.490 e. The number of hydrogen-bond donors (Lipinski definition) is 1. The van der Waals surface area contributed by atoms with Crippen LogP contribution in [-0.4, -0.2) is 31.3 Å². The lowest BCUT2D eigenvalue weighted by Gasteiger charge is -2.40. The van der Waals surface area contributed by atoms with Crippen LogP contribution >= 0.6 is 0 Å². The first kappa shape index (κ1) is 23.2. The number of hydrogen-bond acceptors (Lipinski definition) is 4. The van der Waals surface area contributed by atoms with Crippen molar-refractivity contribution in [2.45, 2.75) is 65.0 Å². The average molecular weight is 449 g/mol. The fourth-order valence-corrected chi connectivity index (χ4v) is 5.05. The molecule has 1 amide bonds. The van der Waals surface area contributed by atoms with Crippen LogP contribution in [0.1, 0.15) is 63.6 Å². The van der Waals surface area contributed by atoms with Gasteiger partial charge in [-0.15, -0.1) is 0 Å². The normalized spacial score (nSPS) is 20.6. The summed E-state index contributed by atoms with van der Waals surface area (Å²) in [5.74, 6) is 1.58. The summed E-state index contributed by atoms with van der Waals surface area (Å²) in [4.78, 5) is 14.7. The Hall–Kier alpha value is -2.95. The number of fused-ring (bicyclic) bond motifs is 3. The highest BCUT2D eigenvalue weighted by molar-refractivity contribution is 5.91. The number of nitrogens with zero attached hydrogens (tertiary/aromatic N) is 1. The van der Waals surface area contributed by atoms with E-state index in [0.29, 0.717) is 19.8 Å². The molecule has 1 N–H and O–H groups in total. The summed E-state index contributed by atoms with van der Waals surface area (Å²) < 4.78 is 11.9. The Labute approximate surface area is 197 Å². The molecule has 33 heavy (non-hydrogen) atoms. The predicted octanol–water partition coefficient (Wildman–Crippen LogP) is 5.60. The molecule has 1 fully saturated rings. The highest BCUT2D eigenvalue weighted by atomic mass is 16.5. The van der Waals surface area contributed by atoms with E-state index in [2.05, 4.69) is 68.3 Å². The minimum atomic E-state index is -0.610. The molecule has 4 rings (SSSR count). The van der Waals surface area contributed by atoms with Crippen LogP contribution < -0.4 is 19.7 Å². The summed E-state index contributed by atoms with van der Waals surface area (Å²) >= 11 is 0. The summed E-state index contributed by atoms with van der Waals surface area (Å²) in [6, 6.07) is 12.5. The lowest BCUT2D eigenvalue weighted by atomic mass is 9.75. The van der Waals surface area contributed by atoms with Gasteiger partial charge in [-0.2, -0.15) is 0 Å². The van der Waals surface area contributed by atoms with Gasteiger partial charge in [0.2, 0.25) is 5.91 Å². The van der Waals surface area contributed by atoms with Crippen molar-refractivity contribution >= 4 is 17.7 Å². The number of rotatable bonds is 9. The van der Waals surface area contributed by atoms with Gasteiger partial charge >= 0.3 is 0 Å². The van der Waals surface area contributed by atoms with E-state index >= 15 is 0 Å². The van der Waals surface area contributed by atoms with Gasteiger partial charge in [-0.3, -0.25) is 4.79 Å². The Morgan fingerprint density at radius 2 is 1.88 bits per heavy atom. The number of ether oxygens (including phenoxy) is 2. The minimum absolute atomic E-state index is 0.0461. The smallest absolute Gasteiger partial charge is 0.241 e. The van der Waals surface area contributed by atoms with Crippen molar-refractivity contribution < 1.29 is 14.3 Å². The van der Waals surface area contributed by atoms with Crippen molar-refractivity contribution in [3.63, 3.8) is 0 Å². The third-order valence-corrected chi connectivity index (χ3v) is 6.92. The molecule has 1 atom stereocenters. The van der Waals surface area contributed by atoms with E-state index in [-0.39, 0.29) is 11.3 Å². The summed E-state index contributed by atoms with van der Waals surface area (Å²) in [7, 11) is 0. The van der Waals surface area contributed by atoms with Crippen LogP contribution in [0.2, 0.25) is 0 Å². The zero-order valence-electron chi connectivity index (χ0n) is 20.5. The molecule has 176 valence electrons. The van der Waals surface area contributed by atoms with E-state index in [9.17, 15) is 4.79 Å². The van der Waals surface area contributed by atoms with E-state index in [4.69, 9.17) is 9.47 Å². The van der Waals surface area contributed by atoms with Crippen molar-refractivity contribution in [2.24, 2.45) is 0 Å². The first-order valence-corrected chi connectivity index (χ1v) is 12.1. The second-order valence-electron chi connectivity index (χ2n) is 9.57. The Kier molecular flexibility index (Phi) is 6.42. The Morgan fingerprint density at radius 3 is 2.64 bits per heavy atom. The first-order valence-electron chi connectivity index (χ1n) is 12.1. The van der Waals surface area contributed by atoms with Gasteiger partial charge in [-0.1, -0.05) is 63.5 Å². The summed E-state index contributed by atoms with van der Waals surface area (Å²) in [5, 5.41) is 3.29. The van der Waals surface area contributed by atoms with E-state index in [1.165, 1.54) is 17.5 Å². The van der Waals surface area contributed by atoms with Crippen molar-refractivity contribution in [1.82, 2.24) is 5.32 Å². The summed E-state index contributed by atoms with van der Waals surface area (Å²) in [6.45, 7) is 12.3. The molecule has 2 aliphatic heterocycles. The number of anilines is 1. The molecule has 2 heterocycles. The maximum Gasteiger partial charge on any atom is 0.241 e. The van der Waals surface area contributed by atoms with Crippen molar-refractivity contribution in [1.29, 1.82) is 0 Å². The van der Waals surface area contributed by atoms with E-state index < -0.39 is 5.66 Å². The zero-order chi connectivity index (χ0) is 23.6. The van der Waals surface area contributed by atoms with Crippen molar-refractivity contribution in [3.8, 4) is 11.5 Å². The molecule has 0 aromatic heterocycles. The highest BCUT2D eigenvalue weighted by Crippen LogP contribution is 2.53. The SMILES string of the molecule is CCCCCOc1ccc(/C=C/[C@@]23NC(=O)CN2c2ccc(C)cc2C3(C)C)cc1OCC. The van der Waals surface area contributed by atoms with Crippen LogP contribution in [0, 0.1) is 6.92 Å².